The van der Waals surface area contributed by atoms with Crippen molar-refractivity contribution in [1.29, 1.82) is 0 Å². The maximum absolute atomic E-state index is 12.2. The number of rotatable bonds is 11. The highest BCUT2D eigenvalue weighted by atomic mass is 127. The monoisotopic (exact) mass is 555 g/mol. The molecule has 0 saturated carbocycles. The topological polar surface area (TPSA) is 88.1 Å². The second kappa shape index (κ2) is 15.4. The van der Waals surface area contributed by atoms with Crippen LogP contribution in [0.4, 0.5) is 0 Å². The van der Waals surface area contributed by atoms with Gasteiger partial charge < -0.3 is 25.0 Å². The van der Waals surface area contributed by atoms with Crippen molar-refractivity contribution in [3.63, 3.8) is 0 Å². The molecule has 0 atom stereocenters. The van der Waals surface area contributed by atoms with E-state index in [0.717, 1.165) is 30.1 Å². The van der Waals surface area contributed by atoms with Crippen LogP contribution in [0.2, 0.25) is 0 Å². The summed E-state index contributed by atoms with van der Waals surface area (Å²) in [5.74, 6) is 1.29. The molecule has 8 nitrogen and oxygen atoms in total. The molecule has 9 heteroatoms. The highest BCUT2D eigenvalue weighted by molar-refractivity contribution is 14.0. The molecule has 32 heavy (non-hydrogen) atoms. The molecular formula is C23H34IN5O3. The minimum atomic E-state index is 0. The first-order valence-electron chi connectivity index (χ1n) is 10.4. The van der Waals surface area contributed by atoms with E-state index in [1.807, 2.05) is 43.3 Å². The number of benzene rings is 1. The Kier molecular flexibility index (Phi) is 13.3. The van der Waals surface area contributed by atoms with Gasteiger partial charge in [0.25, 0.3) is 5.91 Å². The summed E-state index contributed by atoms with van der Waals surface area (Å²) >= 11 is 0. The van der Waals surface area contributed by atoms with Crippen molar-refractivity contribution in [3.05, 3.63) is 59.3 Å². The summed E-state index contributed by atoms with van der Waals surface area (Å²) in [5.41, 5.74) is 2.70. The van der Waals surface area contributed by atoms with Gasteiger partial charge in [-0.05, 0) is 37.1 Å². The molecule has 2 rings (SSSR count). The van der Waals surface area contributed by atoms with Crippen molar-refractivity contribution in [3.8, 4) is 5.88 Å². The van der Waals surface area contributed by atoms with Crippen LogP contribution < -0.4 is 15.4 Å². The van der Waals surface area contributed by atoms with Gasteiger partial charge in [-0.1, -0.05) is 18.2 Å². The van der Waals surface area contributed by atoms with E-state index >= 15 is 0 Å². The maximum atomic E-state index is 12.2. The number of aliphatic imine (C=N–C) groups is 1. The normalized spacial score (nSPS) is 10.8. The Labute approximate surface area is 207 Å². The van der Waals surface area contributed by atoms with Crippen LogP contribution in [0, 0.1) is 0 Å². The molecule has 0 unspecified atom stereocenters. The Morgan fingerprint density at radius 3 is 2.69 bits per heavy atom. The average Bonchev–Trinajstić information content (AvgIpc) is 2.78. The fraction of sp³-hybridized carbons (Fsp3) is 0.435. The van der Waals surface area contributed by atoms with Gasteiger partial charge in [0.2, 0.25) is 5.88 Å². The number of methoxy groups -OCH3 is 1. The summed E-state index contributed by atoms with van der Waals surface area (Å²) in [4.78, 5) is 22.7. The van der Waals surface area contributed by atoms with E-state index < -0.39 is 0 Å². The lowest BCUT2D eigenvalue weighted by Crippen LogP contribution is -2.38. The molecule has 1 heterocycles. The molecule has 2 aromatic rings. The minimum absolute atomic E-state index is 0. The van der Waals surface area contributed by atoms with Crippen LogP contribution in [0.15, 0.2) is 47.6 Å². The van der Waals surface area contributed by atoms with Gasteiger partial charge in [-0.3, -0.25) is 4.79 Å². The zero-order valence-corrected chi connectivity index (χ0v) is 21.6. The maximum Gasteiger partial charge on any atom is 0.253 e. The predicted molar refractivity (Wildman–Crippen MR) is 138 cm³/mol. The molecule has 0 aliphatic rings. The number of carbonyl (C=O) groups excluding carboxylic acids is 1. The van der Waals surface area contributed by atoms with Crippen molar-refractivity contribution in [2.24, 2.45) is 4.99 Å². The first-order chi connectivity index (χ1) is 15.0. The fourth-order valence-electron chi connectivity index (χ4n) is 2.85. The molecule has 0 aliphatic heterocycles. The van der Waals surface area contributed by atoms with Crippen molar-refractivity contribution in [2.75, 3.05) is 47.5 Å². The van der Waals surface area contributed by atoms with Gasteiger partial charge in [0.05, 0.1) is 13.2 Å². The average molecular weight is 555 g/mol. The molecule has 0 saturated heterocycles. The Morgan fingerprint density at radius 2 is 1.97 bits per heavy atom. The van der Waals surface area contributed by atoms with Crippen LogP contribution in [0.25, 0.3) is 0 Å². The molecule has 0 bridgehead atoms. The lowest BCUT2D eigenvalue weighted by molar-refractivity contribution is 0.0827. The van der Waals surface area contributed by atoms with Crippen LogP contribution in [-0.2, 0) is 17.7 Å². The molecule has 1 aromatic heterocycles. The van der Waals surface area contributed by atoms with Crippen molar-refractivity contribution < 1.29 is 14.3 Å². The van der Waals surface area contributed by atoms with E-state index in [0.29, 0.717) is 37.7 Å². The van der Waals surface area contributed by atoms with Crippen LogP contribution in [-0.4, -0.2) is 69.3 Å². The van der Waals surface area contributed by atoms with Crippen LogP contribution >= 0.6 is 24.0 Å². The number of ether oxygens (including phenoxy) is 2. The number of aromatic nitrogens is 1. The quantitative estimate of drug-likeness (QED) is 0.192. The van der Waals surface area contributed by atoms with Gasteiger partial charge in [-0.25, -0.2) is 9.98 Å². The van der Waals surface area contributed by atoms with Crippen LogP contribution in [0.5, 0.6) is 5.88 Å². The highest BCUT2D eigenvalue weighted by Gasteiger charge is 2.08. The summed E-state index contributed by atoms with van der Waals surface area (Å²) < 4.78 is 10.7. The van der Waals surface area contributed by atoms with E-state index in [9.17, 15) is 4.79 Å². The van der Waals surface area contributed by atoms with E-state index in [1.54, 1.807) is 32.3 Å². The van der Waals surface area contributed by atoms with Gasteiger partial charge in [0.1, 0.15) is 6.61 Å². The van der Waals surface area contributed by atoms with Crippen LogP contribution in [0.3, 0.4) is 0 Å². The van der Waals surface area contributed by atoms with Gasteiger partial charge in [0, 0.05) is 51.6 Å². The summed E-state index contributed by atoms with van der Waals surface area (Å²) in [6.07, 6.45) is 2.48. The van der Waals surface area contributed by atoms with Gasteiger partial charge in [-0.15, -0.1) is 24.0 Å². The van der Waals surface area contributed by atoms with E-state index in [1.165, 1.54) is 0 Å². The summed E-state index contributed by atoms with van der Waals surface area (Å²) in [6, 6.07) is 11.5. The second-order valence-corrected chi connectivity index (χ2v) is 7.08. The van der Waals surface area contributed by atoms with Crippen molar-refractivity contribution in [2.45, 2.75) is 19.9 Å². The molecule has 0 spiro atoms. The summed E-state index contributed by atoms with van der Waals surface area (Å²) in [5, 5.41) is 6.60. The minimum Gasteiger partial charge on any atom is -0.475 e. The van der Waals surface area contributed by atoms with Gasteiger partial charge >= 0.3 is 0 Å². The highest BCUT2D eigenvalue weighted by Crippen LogP contribution is 2.15. The molecule has 1 amide bonds. The molecular weight excluding hydrogens is 521 g/mol. The first kappa shape index (κ1) is 27.6. The third-order valence-electron chi connectivity index (χ3n) is 4.41. The number of amides is 1. The lowest BCUT2D eigenvalue weighted by Gasteiger charge is -2.13. The van der Waals surface area contributed by atoms with E-state index in [4.69, 9.17) is 9.47 Å². The molecule has 1 aromatic carbocycles. The zero-order valence-electron chi connectivity index (χ0n) is 19.3. The van der Waals surface area contributed by atoms with Gasteiger partial charge in [0.15, 0.2) is 5.96 Å². The molecule has 176 valence electrons. The standard InChI is InChI=1S/C23H33N5O3.HI/c1-5-24-23(27-17-20-10-7-12-25-21(20)31-15-14-30-4)26-13-11-18-8-6-9-19(16-18)22(29)28(2)3;/h6-10,12,16H,5,11,13-15,17H2,1-4H3,(H2,24,26,27);1H. The lowest BCUT2D eigenvalue weighted by atomic mass is 10.1. The summed E-state index contributed by atoms with van der Waals surface area (Å²) in [6.45, 7) is 4.86. The molecule has 0 aliphatic carbocycles. The number of nitrogens with zero attached hydrogens (tertiary/aromatic N) is 3. The molecule has 2 N–H and O–H groups in total. The number of carbonyl (C=O) groups is 1. The SMILES string of the molecule is CCNC(=NCc1cccnc1OCCOC)NCCc1cccc(C(=O)N(C)C)c1.I. The van der Waals surface area contributed by atoms with Gasteiger partial charge in [-0.2, -0.15) is 0 Å². The number of guanidine groups is 1. The third-order valence-corrected chi connectivity index (χ3v) is 4.41. The van der Waals surface area contributed by atoms with Crippen molar-refractivity contribution in [1.82, 2.24) is 20.5 Å². The Hall–Kier alpha value is -2.40. The Morgan fingerprint density at radius 1 is 1.16 bits per heavy atom. The molecule has 0 radical (unpaired) electrons. The third kappa shape index (κ3) is 9.39. The number of pyridine rings is 1. The van der Waals surface area contributed by atoms with Crippen LogP contribution in [0.1, 0.15) is 28.4 Å². The van der Waals surface area contributed by atoms with E-state index in [-0.39, 0.29) is 29.9 Å². The Balaban J connectivity index is 0.00000512. The number of halogens is 1. The van der Waals surface area contributed by atoms with E-state index in [2.05, 4.69) is 20.6 Å². The fourth-order valence-corrected chi connectivity index (χ4v) is 2.85. The smallest absolute Gasteiger partial charge is 0.253 e. The Bertz CT molecular complexity index is 861. The number of hydrogen-bond acceptors (Lipinski definition) is 5. The number of hydrogen-bond donors (Lipinski definition) is 2. The first-order valence-corrected chi connectivity index (χ1v) is 10.4. The largest absolute Gasteiger partial charge is 0.475 e. The second-order valence-electron chi connectivity index (χ2n) is 7.08. The zero-order chi connectivity index (χ0) is 22.5. The summed E-state index contributed by atoms with van der Waals surface area (Å²) in [7, 11) is 5.15. The van der Waals surface area contributed by atoms with Crippen molar-refractivity contribution >= 4 is 35.8 Å². The molecule has 0 fully saturated rings. The number of nitrogens with one attached hydrogen (secondary N) is 2. The predicted octanol–water partition coefficient (Wildman–Crippen LogP) is 2.72.